The molecule has 0 bridgehead atoms. The summed E-state index contributed by atoms with van der Waals surface area (Å²) in [5.41, 5.74) is 3.91. The molecule has 0 unspecified atom stereocenters. The van der Waals surface area contributed by atoms with E-state index in [1.807, 2.05) is 0 Å². The predicted molar refractivity (Wildman–Crippen MR) is 68.7 cm³/mol. The molecule has 0 radical (unpaired) electrons. The topological polar surface area (TPSA) is 84.7 Å². The van der Waals surface area contributed by atoms with Crippen LogP contribution in [0.15, 0.2) is 29.1 Å². The van der Waals surface area contributed by atoms with Crippen LogP contribution in [-0.4, -0.2) is 9.55 Å². The van der Waals surface area contributed by atoms with E-state index in [9.17, 15) is 18.0 Å². The molecule has 0 aliphatic rings. The highest BCUT2D eigenvalue weighted by Crippen LogP contribution is 2.30. The Morgan fingerprint density at radius 3 is 2.62 bits per heavy atom. The average molecular weight is 294 g/mol. The molecule has 2 rings (SSSR count). The molecule has 0 aliphatic heterocycles. The van der Waals surface area contributed by atoms with Crippen molar-refractivity contribution in [1.82, 2.24) is 9.55 Å². The number of rotatable bonds is 1. The molecule has 1 aromatic carbocycles. The van der Waals surface area contributed by atoms with Crippen LogP contribution >= 0.6 is 0 Å². The molecular weight excluding hydrogens is 285 g/mol. The maximum absolute atomic E-state index is 12.7. The quantitative estimate of drug-likeness (QED) is 0.872. The molecule has 5 nitrogen and oxygen atoms in total. The van der Waals surface area contributed by atoms with Crippen LogP contribution < -0.4 is 11.4 Å². The van der Waals surface area contributed by atoms with Crippen LogP contribution in [0.5, 0.6) is 0 Å². The number of nitriles is 1. The zero-order chi connectivity index (χ0) is 15.8. The molecule has 1 heterocycles. The van der Waals surface area contributed by atoms with Crippen molar-refractivity contribution in [3.8, 4) is 11.8 Å². The fraction of sp³-hybridized carbons (Fsp3) is 0.154. The Balaban J connectivity index is 2.75. The van der Waals surface area contributed by atoms with Gasteiger partial charge in [-0.3, -0.25) is 0 Å². The molecule has 0 atom stereocenters. The number of nitrogens with zero attached hydrogens (tertiary/aromatic N) is 3. The minimum atomic E-state index is -4.55. The van der Waals surface area contributed by atoms with Crippen LogP contribution in [0.2, 0.25) is 0 Å². The molecular formula is C13H9F3N4O. The number of halogens is 3. The Morgan fingerprint density at radius 2 is 2.05 bits per heavy atom. The van der Waals surface area contributed by atoms with Gasteiger partial charge >= 0.3 is 11.9 Å². The number of aryl methyl sites for hydroxylation is 1. The van der Waals surface area contributed by atoms with E-state index in [0.717, 1.165) is 22.8 Å². The van der Waals surface area contributed by atoms with E-state index >= 15 is 0 Å². The number of nitrogens with two attached hydrogens (primary N) is 1. The van der Waals surface area contributed by atoms with Gasteiger partial charge in [-0.25, -0.2) is 9.36 Å². The van der Waals surface area contributed by atoms with Crippen LogP contribution in [0.4, 0.5) is 19.0 Å². The summed E-state index contributed by atoms with van der Waals surface area (Å²) < 4.78 is 38.9. The van der Waals surface area contributed by atoms with Crippen molar-refractivity contribution in [2.24, 2.45) is 0 Å². The second kappa shape index (κ2) is 4.94. The van der Waals surface area contributed by atoms with E-state index in [1.165, 1.54) is 13.0 Å². The largest absolute Gasteiger partial charge is 0.416 e. The highest BCUT2D eigenvalue weighted by atomic mass is 19.4. The third-order valence-electron chi connectivity index (χ3n) is 2.86. The first kappa shape index (κ1) is 14.6. The van der Waals surface area contributed by atoms with E-state index in [2.05, 4.69) is 4.98 Å². The summed E-state index contributed by atoms with van der Waals surface area (Å²) in [7, 11) is 0. The Morgan fingerprint density at radius 1 is 1.38 bits per heavy atom. The zero-order valence-electron chi connectivity index (χ0n) is 10.8. The van der Waals surface area contributed by atoms with E-state index < -0.39 is 17.4 Å². The van der Waals surface area contributed by atoms with E-state index in [1.54, 1.807) is 6.07 Å². The van der Waals surface area contributed by atoms with Crippen LogP contribution in [0.1, 0.15) is 16.8 Å². The third-order valence-corrected chi connectivity index (χ3v) is 2.86. The number of benzene rings is 1. The molecule has 0 saturated carbocycles. The zero-order valence-corrected chi connectivity index (χ0v) is 10.8. The lowest BCUT2D eigenvalue weighted by Crippen LogP contribution is -2.26. The third kappa shape index (κ3) is 2.58. The second-order valence-electron chi connectivity index (χ2n) is 4.24. The number of hydrogen-bond donors (Lipinski definition) is 1. The Hall–Kier alpha value is -2.82. The molecule has 0 spiro atoms. The summed E-state index contributed by atoms with van der Waals surface area (Å²) in [6.07, 6.45) is -4.55. The number of anilines is 1. The monoisotopic (exact) mass is 294 g/mol. The predicted octanol–water partition coefficient (Wildman–Crippen LogP) is 2.01. The fourth-order valence-electron chi connectivity index (χ4n) is 1.86. The lowest BCUT2D eigenvalue weighted by Gasteiger charge is -2.13. The fourth-order valence-corrected chi connectivity index (χ4v) is 1.86. The van der Waals surface area contributed by atoms with Gasteiger partial charge in [-0.2, -0.15) is 23.4 Å². The Labute approximate surface area is 117 Å². The molecule has 2 aromatic rings. The first-order chi connectivity index (χ1) is 9.75. The SMILES string of the molecule is Cc1nc(=O)n(-c2cccc(C(F)(F)F)c2)c(N)c1C#N. The average Bonchev–Trinajstić information content (AvgIpc) is 2.38. The normalized spacial score (nSPS) is 11.2. The molecule has 2 N–H and O–H groups in total. The first-order valence-electron chi connectivity index (χ1n) is 5.72. The molecule has 1 aromatic heterocycles. The van der Waals surface area contributed by atoms with Crippen LogP contribution in [0, 0.1) is 18.3 Å². The van der Waals surface area contributed by atoms with Crippen molar-refractivity contribution >= 4 is 5.82 Å². The molecule has 0 aliphatic carbocycles. The molecule has 8 heteroatoms. The summed E-state index contributed by atoms with van der Waals surface area (Å²) in [5.74, 6) is -0.241. The second-order valence-corrected chi connectivity index (χ2v) is 4.24. The van der Waals surface area contributed by atoms with Crippen molar-refractivity contribution in [2.45, 2.75) is 13.1 Å². The van der Waals surface area contributed by atoms with Gasteiger partial charge in [0.05, 0.1) is 16.9 Å². The first-order valence-corrected chi connectivity index (χ1v) is 5.72. The maximum atomic E-state index is 12.7. The van der Waals surface area contributed by atoms with Crippen molar-refractivity contribution in [1.29, 1.82) is 5.26 Å². The van der Waals surface area contributed by atoms with Crippen molar-refractivity contribution in [3.05, 3.63) is 51.6 Å². The molecule has 21 heavy (non-hydrogen) atoms. The molecule has 0 saturated heterocycles. The summed E-state index contributed by atoms with van der Waals surface area (Å²) in [6.45, 7) is 1.42. The maximum Gasteiger partial charge on any atom is 0.416 e. The van der Waals surface area contributed by atoms with Crippen molar-refractivity contribution in [2.75, 3.05) is 5.73 Å². The van der Waals surface area contributed by atoms with Crippen LogP contribution in [0.25, 0.3) is 5.69 Å². The number of nitrogen functional groups attached to an aromatic ring is 1. The Kier molecular flexibility index (Phi) is 3.43. The highest BCUT2D eigenvalue weighted by Gasteiger charge is 2.30. The smallest absolute Gasteiger partial charge is 0.384 e. The number of hydrogen-bond acceptors (Lipinski definition) is 4. The van der Waals surface area contributed by atoms with Crippen LogP contribution in [-0.2, 0) is 6.18 Å². The Bertz CT molecular complexity index is 803. The van der Waals surface area contributed by atoms with E-state index in [4.69, 9.17) is 11.0 Å². The lowest BCUT2D eigenvalue weighted by atomic mass is 10.2. The highest BCUT2D eigenvalue weighted by molar-refractivity contribution is 5.55. The van der Waals surface area contributed by atoms with Gasteiger partial charge in [-0.05, 0) is 25.1 Å². The minimum Gasteiger partial charge on any atom is -0.384 e. The van der Waals surface area contributed by atoms with Gasteiger partial charge in [0.25, 0.3) is 0 Å². The summed E-state index contributed by atoms with van der Waals surface area (Å²) in [6, 6.07) is 5.85. The lowest BCUT2D eigenvalue weighted by molar-refractivity contribution is -0.137. The summed E-state index contributed by atoms with van der Waals surface area (Å²) >= 11 is 0. The van der Waals surface area contributed by atoms with Gasteiger partial charge in [-0.1, -0.05) is 6.07 Å². The van der Waals surface area contributed by atoms with Gasteiger partial charge in [0.1, 0.15) is 17.5 Å². The van der Waals surface area contributed by atoms with Gasteiger partial charge in [-0.15, -0.1) is 0 Å². The van der Waals surface area contributed by atoms with Crippen molar-refractivity contribution < 1.29 is 13.2 Å². The molecule has 108 valence electrons. The van der Waals surface area contributed by atoms with Crippen LogP contribution in [0.3, 0.4) is 0 Å². The number of aromatic nitrogens is 2. The molecule has 0 fully saturated rings. The number of alkyl halides is 3. The van der Waals surface area contributed by atoms with E-state index in [0.29, 0.717) is 0 Å². The standard InChI is InChI=1S/C13H9F3N4O/c1-7-10(6-17)11(18)20(12(21)19-7)9-4-2-3-8(5-9)13(14,15)16/h2-5H,18H2,1H3. The van der Waals surface area contributed by atoms with Gasteiger partial charge in [0, 0.05) is 0 Å². The van der Waals surface area contributed by atoms with Gasteiger partial charge in [0.15, 0.2) is 0 Å². The van der Waals surface area contributed by atoms with Gasteiger partial charge < -0.3 is 5.73 Å². The molecule has 0 amide bonds. The van der Waals surface area contributed by atoms with Gasteiger partial charge in [0.2, 0.25) is 0 Å². The summed E-state index contributed by atoms with van der Waals surface area (Å²) in [4.78, 5) is 15.5. The minimum absolute atomic E-state index is 0.0491. The summed E-state index contributed by atoms with van der Waals surface area (Å²) in [5, 5.41) is 8.98. The van der Waals surface area contributed by atoms with Crippen molar-refractivity contribution in [3.63, 3.8) is 0 Å². The van der Waals surface area contributed by atoms with E-state index in [-0.39, 0.29) is 22.8 Å².